The van der Waals surface area contributed by atoms with Crippen molar-refractivity contribution in [3.63, 3.8) is 0 Å². The number of imide groups is 1. The molecule has 0 N–H and O–H groups in total. The molecule has 0 atom stereocenters. The first kappa shape index (κ1) is 15.7. The minimum absolute atomic E-state index is 0.111. The fraction of sp³-hybridized carbons (Fsp3) is 0.333. The van der Waals surface area contributed by atoms with E-state index < -0.39 is 17.6 Å². The first-order valence-corrected chi connectivity index (χ1v) is 7.79. The molecule has 0 fully saturated rings. The van der Waals surface area contributed by atoms with Crippen LogP contribution in [0.25, 0.3) is 5.69 Å². The van der Waals surface area contributed by atoms with Gasteiger partial charge < -0.3 is 4.74 Å². The van der Waals surface area contributed by atoms with Gasteiger partial charge in [0.15, 0.2) is 0 Å². The number of halogens is 1. The molecule has 8 heteroatoms. The average molecular weight is 379 g/mol. The molecule has 0 radical (unpaired) electrons. The molecule has 120 valence electrons. The quantitative estimate of drug-likeness (QED) is 0.712. The number of ether oxygens (including phenoxy) is 1. The van der Waals surface area contributed by atoms with Crippen LogP contribution in [0.1, 0.15) is 36.8 Å². The first-order chi connectivity index (χ1) is 10.7. The second-order valence-electron chi connectivity index (χ2n) is 6.14. The van der Waals surface area contributed by atoms with Crippen molar-refractivity contribution < 1.29 is 14.3 Å². The summed E-state index contributed by atoms with van der Waals surface area (Å²) >= 11 is 3.27. The summed E-state index contributed by atoms with van der Waals surface area (Å²) in [4.78, 5) is 29.6. The lowest BCUT2D eigenvalue weighted by Crippen LogP contribution is -2.37. The molecule has 0 bridgehead atoms. The summed E-state index contributed by atoms with van der Waals surface area (Å²) in [6.07, 6.45) is 2.59. The van der Waals surface area contributed by atoms with Crippen LogP contribution in [0.3, 0.4) is 0 Å². The SMILES string of the molecule is CC(C)(C)OC(=O)N1Cc2nn(-c3ccc(Br)nc3)cc2C1=O. The van der Waals surface area contributed by atoms with E-state index in [0.717, 1.165) is 10.6 Å². The largest absolute Gasteiger partial charge is 0.443 e. The molecule has 2 aromatic rings. The molecule has 1 aliphatic heterocycles. The fourth-order valence-corrected chi connectivity index (χ4v) is 2.41. The zero-order valence-electron chi connectivity index (χ0n) is 12.9. The monoisotopic (exact) mass is 378 g/mol. The topological polar surface area (TPSA) is 77.3 Å². The third-order valence-electron chi connectivity index (χ3n) is 3.16. The van der Waals surface area contributed by atoms with Gasteiger partial charge in [0.1, 0.15) is 10.2 Å². The van der Waals surface area contributed by atoms with Gasteiger partial charge in [-0.15, -0.1) is 0 Å². The molecule has 7 nitrogen and oxygen atoms in total. The summed E-state index contributed by atoms with van der Waals surface area (Å²) in [5.74, 6) is -0.398. The highest BCUT2D eigenvalue weighted by molar-refractivity contribution is 9.10. The Morgan fingerprint density at radius 2 is 2.09 bits per heavy atom. The summed E-state index contributed by atoms with van der Waals surface area (Å²) in [7, 11) is 0. The Bertz CT molecular complexity index is 777. The normalized spacial score (nSPS) is 14.1. The number of fused-ring (bicyclic) bond motifs is 1. The van der Waals surface area contributed by atoms with E-state index in [1.54, 1.807) is 43.9 Å². The number of hydrogen-bond acceptors (Lipinski definition) is 5. The first-order valence-electron chi connectivity index (χ1n) is 7.00. The van der Waals surface area contributed by atoms with E-state index in [9.17, 15) is 9.59 Å². The van der Waals surface area contributed by atoms with E-state index in [0.29, 0.717) is 15.9 Å². The lowest BCUT2D eigenvalue weighted by atomic mass is 10.2. The Balaban J connectivity index is 1.82. The van der Waals surface area contributed by atoms with Crippen molar-refractivity contribution >= 4 is 27.9 Å². The molecule has 23 heavy (non-hydrogen) atoms. The molecule has 0 unspecified atom stereocenters. The van der Waals surface area contributed by atoms with Crippen LogP contribution in [0.15, 0.2) is 29.1 Å². The molecule has 0 saturated carbocycles. The zero-order valence-corrected chi connectivity index (χ0v) is 14.5. The summed E-state index contributed by atoms with van der Waals surface area (Å²) in [6, 6.07) is 3.62. The third-order valence-corrected chi connectivity index (χ3v) is 3.63. The molecule has 0 aromatic carbocycles. The molecule has 3 heterocycles. The van der Waals surface area contributed by atoms with Gasteiger partial charge in [-0.05, 0) is 48.8 Å². The standard InChI is InChI=1S/C15H15BrN4O3/c1-15(2,3)23-14(22)19-8-11-10(13(19)21)7-20(18-11)9-4-5-12(16)17-6-9/h4-7H,8H2,1-3H3. The Kier molecular flexibility index (Phi) is 3.71. The van der Waals surface area contributed by atoms with Gasteiger partial charge in [0.05, 0.1) is 29.7 Å². The molecule has 0 saturated heterocycles. The van der Waals surface area contributed by atoms with Gasteiger partial charge in [-0.3, -0.25) is 4.79 Å². The highest BCUT2D eigenvalue weighted by Crippen LogP contribution is 2.25. The van der Waals surface area contributed by atoms with Gasteiger partial charge >= 0.3 is 6.09 Å². The smallest absolute Gasteiger partial charge is 0.417 e. The van der Waals surface area contributed by atoms with Crippen molar-refractivity contribution in [3.05, 3.63) is 40.4 Å². The van der Waals surface area contributed by atoms with E-state index in [-0.39, 0.29) is 6.54 Å². The Morgan fingerprint density at radius 3 is 2.65 bits per heavy atom. The number of carbonyl (C=O) groups is 2. The van der Waals surface area contributed by atoms with Gasteiger partial charge in [0.25, 0.3) is 5.91 Å². The second kappa shape index (κ2) is 5.45. The summed E-state index contributed by atoms with van der Waals surface area (Å²) < 4.78 is 7.53. The van der Waals surface area contributed by atoms with Crippen LogP contribution in [0, 0.1) is 0 Å². The van der Waals surface area contributed by atoms with Gasteiger partial charge in [-0.1, -0.05) is 0 Å². The summed E-state index contributed by atoms with van der Waals surface area (Å²) in [5, 5.41) is 4.36. The summed E-state index contributed by atoms with van der Waals surface area (Å²) in [5.41, 5.74) is 1.03. The molecule has 3 rings (SSSR count). The van der Waals surface area contributed by atoms with Crippen molar-refractivity contribution in [2.45, 2.75) is 32.9 Å². The maximum absolute atomic E-state index is 12.4. The Hall–Kier alpha value is -2.22. The molecule has 0 spiro atoms. The lowest BCUT2D eigenvalue weighted by molar-refractivity contribution is 0.0246. The van der Waals surface area contributed by atoms with Crippen LogP contribution in [-0.2, 0) is 11.3 Å². The predicted molar refractivity (Wildman–Crippen MR) is 85.2 cm³/mol. The van der Waals surface area contributed by atoms with Crippen molar-refractivity contribution in [2.75, 3.05) is 0 Å². The molecule has 1 aliphatic rings. The van der Waals surface area contributed by atoms with E-state index >= 15 is 0 Å². The number of amides is 2. The predicted octanol–water partition coefficient (Wildman–Crippen LogP) is 2.92. The maximum atomic E-state index is 12.4. The van der Waals surface area contributed by atoms with Gasteiger partial charge in [-0.2, -0.15) is 5.10 Å². The lowest BCUT2D eigenvalue weighted by Gasteiger charge is -2.23. The molecule has 0 aliphatic carbocycles. The number of aromatic nitrogens is 3. The third kappa shape index (κ3) is 3.12. The molecular formula is C15H15BrN4O3. The zero-order chi connectivity index (χ0) is 16.8. The van der Waals surface area contributed by atoms with Crippen LogP contribution in [-0.4, -0.2) is 37.3 Å². The van der Waals surface area contributed by atoms with E-state index in [1.807, 2.05) is 6.07 Å². The van der Waals surface area contributed by atoms with Gasteiger partial charge in [0, 0.05) is 6.20 Å². The van der Waals surface area contributed by atoms with Crippen LogP contribution >= 0.6 is 15.9 Å². The summed E-state index contributed by atoms with van der Waals surface area (Å²) in [6.45, 7) is 5.38. The van der Waals surface area contributed by atoms with Crippen LogP contribution in [0.4, 0.5) is 4.79 Å². The number of carbonyl (C=O) groups excluding carboxylic acids is 2. The fourth-order valence-electron chi connectivity index (χ4n) is 2.17. The van der Waals surface area contributed by atoms with Crippen molar-refractivity contribution in [3.8, 4) is 5.69 Å². The van der Waals surface area contributed by atoms with E-state index in [2.05, 4.69) is 26.0 Å². The number of nitrogens with zero attached hydrogens (tertiary/aromatic N) is 4. The molecule has 2 amide bonds. The maximum Gasteiger partial charge on any atom is 0.417 e. The number of rotatable bonds is 1. The highest BCUT2D eigenvalue weighted by atomic mass is 79.9. The highest BCUT2D eigenvalue weighted by Gasteiger charge is 2.37. The van der Waals surface area contributed by atoms with Crippen LogP contribution < -0.4 is 0 Å². The van der Waals surface area contributed by atoms with E-state index in [1.165, 1.54) is 0 Å². The second-order valence-corrected chi connectivity index (χ2v) is 6.96. The Labute approximate surface area is 141 Å². The van der Waals surface area contributed by atoms with E-state index in [4.69, 9.17) is 4.74 Å². The minimum Gasteiger partial charge on any atom is -0.443 e. The molecule has 2 aromatic heterocycles. The number of pyridine rings is 1. The van der Waals surface area contributed by atoms with Gasteiger partial charge in [-0.25, -0.2) is 19.4 Å². The van der Waals surface area contributed by atoms with Crippen molar-refractivity contribution in [1.29, 1.82) is 0 Å². The average Bonchev–Trinajstić information content (AvgIpc) is 2.98. The number of hydrogen-bond donors (Lipinski definition) is 0. The Morgan fingerprint density at radius 1 is 1.35 bits per heavy atom. The van der Waals surface area contributed by atoms with Crippen LogP contribution in [0.5, 0.6) is 0 Å². The van der Waals surface area contributed by atoms with Gasteiger partial charge in [0.2, 0.25) is 0 Å². The van der Waals surface area contributed by atoms with Crippen molar-refractivity contribution in [2.24, 2.45) is 0 Å². The minimum atomic E-state index is -0.655. The van der Waals surface area contributed by atoms with Crippen molar-refractivity contribution in [1.82, 2.24) is 19.7 Å². The van der Waals surface area contributed by atoms with Crippen LogP contribution in [0.2, 0.25) is 0 Å². The molecular weight excluding hydrogens is 364 g/mol.